The largest absolute Gasteiger partial charge is 0.379 e. The molecule has 0 saturated carbocycles. The predicted molar refractivity (Wildman–Crippen MR) is 117 cm³/mol. The van der Waals surface area contributed by atoms with Gasteiger partial charge in [0.2, 0.25) is 10.0 Å². The molecule has 1 saturated heterocycles. The lowest BCUT2D eigenvalue weighted by molar-refractivity contribution is 0.0730. The van der Waals surface area contributed by atoms with Crippen molar-refractivity contribution in [2.75, 3.05) is 31.0 Å². The number of hydrogen-bond donors (Lipinski definition) is 1. The fourth-order valence-corrected chi connectivity index (χ4v) is 6.84. The Hall–Kier alpha value is -1.94. The molecule has 3 rings (SSSR count). The summed E-state index contributed by atoms with van der Waals surface area (Å²) in [5, 5.41) is 0. The molecule has 7 nitrogen and oxygen atoms in total. The SMILES string of the molecule is Cc1c(C)c(C)c(S(=O)(=O)Nc2cccc(S(=O)(=O)N3CCOCC3)c2)c(C)c1C. The van der Waals surface area contributed by atoms with Crippen LogP contribution in [0.3, 0.4) is 0 Å². The van der Waals surface area contributed by atoms with Crippen LogP contribution in [0.2, 0.25) is 0 Å². The number of nitrogens with one attached hydrogen (secondary N) is 1. The van der Waals surface area contributed by atoms with Crippen molar-refractivity contribution in [1.82, 2.24) is 4.31 Å². The second kappa shape index (κ2) is 8.30. The van der Waals surface area contributed by atoms with Gasteiger partial charge in [0, 0.05) is 13.1 Å². The Morgan fingerprint density at radius 2 is 1.37 bits per heavy atom. The molecule has 0 atom stereocenters. The molecule has 0 unspecified atom stereocenters. The Morgan fingerprint density at radius 1 is 0.833 bits per heavy atom. The van der Waals surface area contributed by atoms with E-state index in [4.69, 9.17) is 4.74 Å². The Labute approximate surface area is 179 Å². The van der Waals surface area contributed by atoms with Crippen LogP contribution in [0, 0.1) is 34.6 Å². The number of ether oxygens (including phenoxy) is 1. The zero-order chi connectivity index (χ0) is 22.3. The molecule has 1 fully saturated rings. The lowest BCUT2D eigenvalue weighted by Crippen LogP contribution is -2.40. The number of rotatable bonds is 5. The summed E-state index contributed by atoms with van der Waals surface area (Å²) in [7, 11) is -7.62. The van der Waals surface area contributed by atoms with E-state index in [0.29, 0.717) is 24.3 Å². The molecule has 1 aliphatic rings. The molecule has 30 heavy (non-hydrogen) atoms. The Morgan fingerprint density at radius 3 is 1.93 bits per heavy atom. The lowest BCUT2D eigenvalue weighted by atomic mass is 9.95. The first-order valence-electron chi connectivity index (χ1n) is 9.74. The summed E-state index contributed by atoms with van der Waals surface area (Å²) < 4.78 is 61.4. The van der Waals surface area contributed by atoms with E-state index in [1.165, 1.54) is 22.5 Å². The van der Waals surface area contributed by atoms with Crippen molar-refractivity contribution in [1.29, 1.82) is 0 Å². The van der Waals surface area contributed by atoms with Crippen molar-refractivity contribution in [2.24, 2.45) is 0 Å². The molecule has 0 aliphatic carbocycles. The summed E-state index contributed by atoms with van der Waals surface area (Å²) in [5.41, 5.74) is 4.53. The maximum atomic E-state index is 13.2. The van der Waals surface area contributed by atoms with Gasteiger partial charge in [0.15, 0.2) is 0 Å². The van der Waals surface area contributed by atoms with Crippen LogP contribution in [-0.4, -0.2) is 47.4 Å². The molecular formula is C21H28N2O5S2. The van der Waals surface area contributed by atoms with Crippen molar-refractivity contribution >= 4 is 25.7 Å². The number of benzene rings is 2. The first-order valence-corrected chi connectivity index (χ1v) is 12.7. The van der Waals surface area contributed by atoms with Gasteiger partial charge in [-0.05, 0) is 80.6 Å². The normalized spacial score (nSPS) is 15.9. The van der Waals surface area contributed by atoms with Gasteiger partial charge in [-0.2, -0.15) is 4.31 Å². The summed E-state index contributed by atoms with van der Waals surface area (Å²) in [6.45, 7) is 10.6. The van der Waals surface area contributed by atoms with Crippen LogP contribution in [0.15, 0.2) is 34.1 Å². The van der Waals surface area contributed by atoms with E-state index >= 15 is 0 Å². The van der Waals surface area contributed by atoms with Crippen LogP contribution < -0.4 is 4.72 Å². The van der Waals surface area contributed by atoms with Crippen molar-refractivity contribution < 1.29 is 21.6 Å². The molecule has 0 spiro atoms. The van der Waals surface area contributed by atoms with E-state index in [-0.39, 0.29) is 28.6 Å². The van der Waals surface area contributed by atoms with Gasteiger partial charge in [-0.25, -0.2) is 16.8 Å². The third kappa shape index (κ3) is 4.12. The highest BCUT2D eigenvalue weighted by Gasteiger charge is 2.28. The Balaban J connectivity index is 1.99. The highest BCUT2D eigenvalue weighted by atomic mass is 32.2. The van der Waals surface area contributed by atoms with Gasteiger partial charge in [0.05, 0.1) is 28.7 Å². The smallest absolute Gasteiger partial charge is 0.262 e. The van der Waals surface area contributed by atoms with Gasteiger partial charge in [-0.1, -0.05) is 6.07 Å². The van der Waals surface area contributed by atoms with Crippen LogP contribution in [-0.2, 0) is 24.8 Å². The second-order valence-electron chi connectivity index (χ2n) is 7.60. The minimum Gasteiger partial charge on any atom is -0.379 e. The highest BCUT2D eigenvalue weighted by Crippen LogP contribution is 2.31. The minimum atomic E-state index is -3.90. The molecular weight excluding hydrogens is 424 g/mol. The van der Waals surface area contributed by atoms with E-state index in [2.05, 4.69) is 4.72 Å². The average molecular weight is 453 g/mol. The van der Waals surface area contributed by atoms with E-state index in [0.717, 1.165) is 16.7 Å². The van der Waals surface area contributed by atoms with Crippen molar-refractivity contribution in [3.63, 3.8) is 0 Å². The fraction of sp³-hybridized carbons (Fsp3) is 0.429. The quantitative estimate of drug-likeness (QED) is 0.753. The lowest BCUT2D eigenvalue weighted by Gasteiger charge is -2.26. The maximum Gasteiger partial charge on any atom is 0.262 e. The zero-order valence-electron chi connectivity index (χ0n) is 17.9. The third-order valence-electron chi connectivity index (χ3n) is 5.89. The molecule has 2 aromatic rings. The highest BCUT2D eigenvalue weighted by molar-refractivity contribution is 7.92. The average Bonchev–Trinajstić information content (AvgIpc) is 2.71. The van der Waals surface area contributed by atoms with Crippen molar-refractivity contribution in [3.8, 4) is 0 Å². The first-order chi connectivity index (χ1) is 14.0. The third-order valence-corrected chi connectivity index (χ3v) is 9.44. The van der Waals surface area contributed by atoms with Gasteiger partial charge < -0.3 is 4.74 Å². The van der Waals surface area contributed by atoms with E-state index in [1.54, 1.807) is 19.9 Å². The standard InChI is InChI=1S/C21H28N2O5S2/c1-14-15(2)17(4)21(18(5)16(14)3)29(24,25)22-19-7-6-8-20(13-19)30(26,27)23-9-11-28-12-10-23/h6-8,13,22H,9-12H2,1-5H3. The molecule has 2 aromatic carbocycles. The van der Waals surface area contributed by atoms with Crippen molar-refractivity contribution in [2.45, 2.75) is 44.4 Å². The first kappa shape index (κ1) is 22.7. The second-order valence-corrected chi connectivity index (χ2v) is 11.2. The molecule has 0 aromatic heterocycles. The van der Waals surface area contributed by atoms with Gasteiger partial charge in [-0.3, -0.25) is 4.72 Å². The summed E-state index contributed by atoms with van der Waals surface area (Å²) in [6, 6.07) is 5.92. The monoisotopic (exact) mass is 452 g/mol. The number of nitrogens with zero attached hydrogens (tertiary/aromatic N) is 1. The Kier molecular flexibility index (Phi) is 6.29. The van der Waals surface area contributed by atoms with Gasteiger partial charge >= 0.3 is 0 Å². The van der Waals surface area contributed by atoms with Gasteiger partial charge in [0.1, 0.15) is 0 Å². The van der Waals surface area contributed by atoms with E-state index in [1.807, 2.05) is 20.8 Å². The Bertz CT molecular complexity index is 1150. The molecule has 164 valence electrons. The molecule has 9 heteroatoms. The van der Waals surface area contributed by atoms with Crippen LogP contribution in [0.25, 0.3) is 0 Å². The van der Waals surface area contributed by atoms with Crippen LogP contribution in [0.5, 0.6) is 0 Å². The summed E-state index contributed by atoms with van der Waals surface area (Å²) in [6.07, 6.45) is 0. The predicted octanol–water partition coefficient (Wildman–Crippen LogP) is 3.05. The summed E-state index contributed by atoms with van der Waals surface area (Å²) >= 11 is 0. The molecule has 0 amide bonds. The molecule has 1 aliphatic heterocycles. The maximum absolute atomic E-state index is 13.2. The van der Waals surface area contributed by atoms with Crippen molar-refractivity contribution in [3.05, 3.63) is 52.1 Å². The summed E-state index contributed by atoms with van der Waals surface area (Å²) in [5.74, 6) is 0. The van der Waals surface area contributed by atoms with E-state index in [9.17, 15) is 16.8 Å². The minimum absolute atomic E-state index is 0.0503. The molecule has 0 bridgehead atoms. The van der Waals surface area contributed by atoms with E-state index < -0.39 is 20.0 Å². The van der Waals surface area contributed by atoms with Gasteiger partial charge in [0.25, 0.3) is 10.0 Å². The van der Waals surface area contributed by atoms with Crippen LogP contribution >= 0.6 is 0 Å². The fourth-order valence-electron chi connectivity index (χ4n) is 3.73. The topological polar surface area (TPSA) is 92.8 Å². The molecule has 1 N–H and O–H groups in total. The molecule has 1 heterocycles. The molecule has 0 radical (unpaired) electrons. The van der Waals surface area contributed by atoms with Gasteiger partial charge in [-0.15, -0.1) is 0 Å². The number of hydrogen-bond acceptors (Lipinski definition) is 5. The van der Waals surface area contributed by atoms with Crippen LogP contribution in [0.1, 0.15) is 27.8 Å². The number of anilines is 1. The van der Waals surface area contributed by atoms with Crippen LogP contribution in [0.4, 0.5) is 5.69 Å². The number of sulfonamides is 2. The zero-order valence-corrected chi connectivity index (χ0v) is 19.6. The number of morpholine rings is 1. The summed E-state index contributed by atoms with van der Waals surface area (Å²) in [4.78, 5) is 0.291.